The van der Waals surface area contributed by atoms with Crippen molar-refractivity contribution < 1.29 is 24.2 Å². The molecular formula is C36H36N2O5. The highest BCUT2D eigenvalue weighted by molar-refractivity contribution is 6.21. The first kappa shape index (κ1) is 29.0. The number of nitrogens with zero attached hydrogens (tertiary/aromatic N) is 2. The minimum atomic E-state index is -0.595. The molecule has 2 aliphatic rings. The van der Waals surface area contributed by atoms with Crippen molar-refractivity contribution in [3.05, 3.63) is 142 Å². The topological polar surface area (TPSA) is 79.3 Å². The van der Waals surface area contributed by atoms with Crippen molar-refractivity contribution in [3.63, 3.8) is 0 Å². The summed E-state index contributed by atoms with van der Waals surface area (Å²) in [6.07, 6.45) is -0.908. The first-order valence-electron chi connectivity index (χ1n) is 14.7. The van der Waals surface area contributed by atoms with Crippen LogP contribution in [0.1, 0.15) is 67.9 Å². The maximum absolute atomic E-state index is 12.9. The van der Waals surface area contributed by atoms with Crippen LogP contribution in [-0.2, 0) is 29.2 Å². The van der Waals surface area contributed by atoms with Crippen LogP contribution < -0.4 is 0 Å². The number of benzene rings is 4. The maximum atomic E-state index is 12.9. The number of rotatable bonds is 9. The third kappa shape index (κ3) is 6.17. The van der Waals surface area contributed by atoms with Crippen LogP contribution >= 0.6 is 0 Å². The predicted octanol–water partition coefficient (Wildman–Crippen LogP) is 5.90. The molecule has 1 N–H and O–H groups in total. The lowest BCUT2D eigenvalue weighted by atomic mass is 9.90. The van der Waals surface area contributed by atoms with Gasteiger partial charge in [-0.3, -0.25) is 19.4 Å². The van der Waals surface area contributed by atoms with E-state index in [0.717, 1.165) is 35.3 Å². The Labute approximate surface area is 252 Å². The van der Waals surface area contributed by atoms with Crippen LogP contribution in [0.5, 0.6) is 0 Å². The van der Waals surface area contributed by atoms with E-state index in [9.17, 15) is 14.7 Å². The smallest absolute Gasteiger partial charge is 0.261 e. The molecule has 1 saturated heterocycles. The minimum Gasteiger partial charge on any atom is -0.392 e. The van der Waals surface area contributed by atoms with Gasteiger partial charge in [-0.15, -0.1) is 0 Å². The normalized spacial score (nSPS) is 21.8. The van der Waals surface area contributed by atoms with E-state index < -0.39 is 6.29 Å². The second-order valence-electron chi connectivity index (χ2n) is 11.5. The molecule has 1 fully saturated rings. The third-order valence-corrected chi connectivity index (χ3v) is 8.38. The van der Waals surface area contributed by atoms with Crippen LogP contribution in [0.4, 0.5) is 0 Å². The van der Waals surface area contributed by atoms with Gasteiger partial charge in [-0.25, -0.2) is 0 Å². The Morgan fingerprint density at radius 3 is 1.93 bits per heavy atom. The van der Waals surface area contributed by atoms with E-state index in [0.29, 0.717) is 11.1 Å². The van der Waals surface area contributed by atoms with Crippen molar-refractivity contribution >= 4 is 11.8 Å². The molecule has 0 spiro atoms. The number of imide groups is 1. The van der Waals surface area contributed by atoms with Crippen LogP contribution in [-0.4, -0.2) is 46.4 Å². The van der Waals surface area contributed by atoms with Gasteiger partial charge in [0.2, 0.25) is 0 Å². The summed E-state index contributed by atoms with van der Waals surface area (Å²) in [5, 5.41) is 9.53. The number of aliphatic hydroxyl groups is 1. The number of carbonyl (C=O) groups is 2. The molecule has 2 aliphatic heterocycles. The Balaban J connectivity index is 1.20. The Morgan fingerprint density at radius 2 is 1.30 bits per heavy atom. The van der Waals surface area contributed by atoms with E-state index in [4.69, 9.17) is 9.47 Å². The lowest BCUT2D eigenvalue weighted by Crippen LogP contribution is -2.43. The van der Waals surface area contributed by atoms with Gasteiger partial charge < -0.3 is 14.6 Å². The lowest BCUT2D eigenvalue weighted by molar-refractivity contribution is -0.276. The Hall–Kier alpha value is -4.14. The quantitative estimate of drug-likeness (QED) is 0.250. The molecule has 4 aromatic rings. The highest BCUT2D eigenvalue weighted by Crippen LogP contribution is 2.42. The number of amides is 2. The first-order chi connectivity index (χ1) is 20.9. The molecule has 0 saturated carbocycles. The molecule has 7 nitrogen and oxygen atoms in total. The molecule has 4 atom stereocenters. The number of likely N-dealkylation sites (N-methyl/N-ethyl adjacent to an activating group) is 1. The van der Waals surface area contributed by atoms with E-state index in [2.05, 4.69) is 43.1 Å². The number of hydrogen-bond acceptors (Lipinski definition) is 6. The van der Waals surface area contributed by atoms with Crippen molar-refractivity contribution in [2.24, 2.45) is 5.92 Å². The molecular weight excluding hydrogens is 540 g/mol. The van der Waals surface area contributed by atoms with Gasteiger partial charge in [0.25, 0.3) is 11.8 Å². The Bertz CT molecular complexity index is 1540. The highest BCUT2D eigenvalue weighted by atomic mass is 16.7. The molecule has 0 bridgehead atoms. The predicted molar refractivity (Wildman–Crippen MR) is 163 cm³/mol. The molecule has 4 aromatic carbocycles. The number of hydrogen-bond donors (Lipinski definition) is 1. The monoisotopic (exact) mass is 576 g/mol. The summed E-state index contributed by atoms with van der Waals surface area (Å²) < 4.78 is 13.2. The zero-order valence-electron chi connectivity index (χ0n) is 24.4. The van der Waals surface area contributed by atoms with E-state index >= 15 is 0 Å². The second-order valence-corrected chi connectivity index (χ2v) is 11.5. The molecule has 0 aromatic heterocycles. The number of fused-ring (bicyclic) bond motifs is 1. The average Bonchev–Trinajstić information content (AvgIpc) is 3.27. The van der Waals surface area contributed by atoms with Crippen LogP contribution in [0.3, 0.4) is 0 Å². The molecule has 4 unspecified atom stereocenters. The van der Waals surface area contributed by atoms with Gasteiger partial charge in [-0.2, -0.15) is 0 Å². The van der Waals surface area contributed by atoms with Crippen LogP contribution in [0.25, 0.3) is 0 Å². The van der Waals surface area contributed by atoms with E-state index in [1.54, 1.807) is 24.3 Å². The van der Waals surface area contributed by atoms with Crippen molar-refractivity contribution in [1.82, 2.24) is 9.80 Å². The standard InChI is InChI=1S/C36H36N2O5/c1-24-32(22-37(2)20-25-8-4-3-5-9-25)42-36(43-33(24)28-16-14-27(23-39)15-17-28)29-18-12-26(13-19-29)21-38-34(40)30-10-6-7-11-31(30)35(38)41/h3-19,24,32-33,36,39H,20-23H2,1-2H3. The summed E-state index contributed by atoms with van der Waals surface area (Å²) in [5.41, 5.74) is 5.74. The molecule has 7 heteroatoms. The Kier molecular flexibility index (Phi) is 8.49. The van der Waals surface area contributed by atoms with Gasteiger partial charge in [-0.1, -0.05) is 97.9 Å². The summed E-state index contributed by atoms with van der Waals surface area (Å²) >= 11 is 0. The molecule has 2 heterocycles. The van der Waals surface area contributed by atoms with Crippen LogP contribution in [0.2, 0.25) is 0 Å². The molecule has 0 radical (unpaired) electrons. The zero-order chi connectivity index (χ0) is 29.9. The molecule has 0 aliphatic carbocycles. The fourth-order valence-corrected chi connectivity index (χ4v) is 5.94. The van der Waals surface area contributed by atoms with Crippen LogP contribution in [0.15, 0.2) is 103 Å². The third-order valence-electron chi connectivity index (χ3n) is 8.38. The molecule has 2 amide bonds. The summed E-state index contributed by atoms with van der Waals surface area (Å²) in [5.74, 6) is -0.465. The SMILES string of the molecule is CC1C(CN(C)Cc2ccccc2)OC(c2ccc(CN3C(=O)c4ccccc4C3=O)cc2)OC1c1ccc(CO)cc1. The summed E-state index contributed by atoms with van der Waals surface area (Å²) in [7, 11) is 2.10. The maximum Gasteiger partial charge on any atom is 0.261 e. The highest BCUT2D eigenvalue weighted by Gasteiger charge is 2.39. The number of aliphatic hydroxyl groups excluding tert-OH is 1. The number of carbonyl (C=O) groups excluding carboxylic acids is 2. The average molecular weight is 577 g/mol. The second kappa shape index (κ2) is 12.6. The van der Waals surface area contributed by atoms with Gasteiger partial charge in [0.1, 0.15) is 0 Å². The van der Waals surface area contributed by atoms with Gasteiger partial charge in [0.05, 0.1) is 36.5 Å². The van der Waals surface area contributed by atoms with E-state index in [-0.39, 0.29) is 43.1 Å². The van der Waals surface area contributed by atoms with Crippen molar-refractivity contribution in [2.75, 3.05) is 13.6 Å². The van der Waals surface area contributed by atoms with Gasteiger partial charge in [0.15, 0.2) is 6.29 Å². The minimum absolute atomic E-state index is 0.00689. The fraction of sp³-hybridized carbons (Fsp3) is 0.278. The fourth-order valence-electron chi connectivity index (χ4n) is 5.94. The molecule has 43 heavy (non-hydrogen) atoms. The van der Waals surface area contributed by atoms with E-state index in [1.165, 1.54) is 10.5 Å². The lowest BCUT2D eigenvalue weighted by Gasteiger charge is -2.42. The van der Waals surface area contributed by atoms with Crippen molar-refractivity contribution in [1.29, 1.82) is 0 Å². The number of ether oxygens (including phenoxy) is 2. The van der Waals surface area contributed by atoms with E-state index in [1.807, 2.05) is 54.6 Å². The first-order valence-corrected chi connectivity index (χ1v) is 14.7. The van der Waals surface area contributed by atoms with Crippen LogP contribution in [0, 0.1) is 5.92 Å². The van der Waals surface area contributed by atoms with Crippen molar-refractivity contribution in [3.8, 4) is 0 Å². The van der Waals surface area contributed by atoms with Gasteiger partial charge >= 0.3 is 0 Å². The molecule has 220 valence electrons. The van der Waals surface area contributed by atoms with Crippen molar-refractivity contribution in [2.45, 2.75) is 45.1 Å². The summed E-state index contributed by atoms with van der Waals surface area (Å²) in [4.78, 5) is 29.3. The molecule has 6 rings (SSSR count). The zero-order valence-corrected chi connectivity index (χ0v) is 24.4. The summed E-state index contributed by atoms with van der Waals surface area (Å²) in [6, 6.07) is 33.0. The Morgan fingerprint density at radius 1 is 0.721 bits per heavy atom. The van der Waals surface area contributed by atoms with Gasteiger partial charge in [0, 0.05) is 24.6 Å². The summed E-state index contributed by atoms with van der Waals surface area (Å²) in [6.45, 7) is 3.88. The van der Waals surface area contributed by atoms with Gasteiger partial charge in [-0.05, 0) is 41.4 Å². The largest absolute Gasteiger partial charge is 0.392 e.